The van der Waals surface area contributed by atoms with Crippen molar-refractivity contribution in [1.29, 1.82) is 0 Å². The SMILES string of the molecule is CCOC1(C(N)Cc2ccc(F)cc2)CCCC1. The molecule has 1 atom stereocenters. The maximum absolute atomic E-state index is 12.9. The van der Waals surface area contributed by atoms with Gasteiger partial charge in [-0.3, -0.25) is 0 Å². The largest absolute Gasteiger partial charge is 0.374 e. The molecule has 100 valence electrons. The van der Waals surface area contributed by atoms with E-state index < -0.39 is 0 Å². The highest BCUT2D eigenvalue weighted by molar-refractivity contribution is 5.18. The van der Waals surface area contributed by atoms with Crippen LogP contribution in [0.5, 0.6) is 0 Å². The molecule has 18 heavy (non-hydrogen) atoms. The van der Waals surface area contributed by atoms with Crippen molar-refractivity contribution in [1.82, 2.24) is 0 Å². The molecule has 2 N–H and O–H groups in total. The first-order chi connectivity index (χ1) is 8.66. The van der Waals surface area contributed by atoms with E-state index in [1.54, 1.807) is 0 Å². The van der Waals surface area contributed by atoms with Crippen molar-refractivity contribution < 1.29 is 9.13 Å². The van der Waals surface area contributed by atoms with Crippen LogP contribution in [-0.4, -0.2) is 18.2 Å². The van der Waals surface area contributed by atoms with Gasteiger partial charge in [-0.15, -0.1) is 0 Å². The first-order valence-electron chi connectivity index (χ1n) is 6.80. The summed E-state index contributed by atoms with van der Waals surface area (Å²) < 4.78 is 18.8. The molecule has 1 fully saturated rings. The van der Waals surface area contributed by atoms with E-state index in [-0.39, 0.29) is 17.5 Å². The fourth-order valence-corrected chi connectivity index (χ4v) is 2.94. The zero-order valence-corrected chi connectivity index (χ0v) is 11.0. The van der Waals surface area contributed by atoms with Crippen molar-refractivity contribution >= 4 is 0 Å². The molecule has 0 heterocycles. The number of nitrogens with two attached hydrogens (primary N) is 1. The van der Waals surface area contributed by atoms with Gasteiger partial charge in [0.05, 0.1) is 5.60 Å². The van der Waals surface area contributed by atoms with E-state index in [0.29, 0.717) is 6.61 Å². The normalized spacial score (nSPS) is 19.9. The van der Waals surface area contributed by atoms with Crippen LogP contribution in [0, 0.1) is 5.82 Å². The lowest BCUT2D eigenvalue weighted by Gasteiger charge is -2.35. The minimum absolute atomic E-state index is 0.00888. The third-order valence-corrected chi connectivity index (χ3v) is 3.93. The van der Waals surface area contributed by atoms with E-state index in [4.69, 9.17) is 10.5 Å². The number of benzene rings is 1. The summed E-state index contributed by atoms with van der Waals surface area (Å²) in [5.74, 6) is -0.201. The van der Waals surface area contributed by atoms with Gasteiger partial charge in [0.25, 0.3) is 0 Å². The zero-order valence-electron chi connectivity index (χ0n) is 11.0. The topological polar surface area (TPSA) is 35.2 Å². The van der Waals surface area contributed by atoms with Crippen LogP contribution in [0.1, 0.15) is 38.2 Å². The highest BCUT2D eigenvalue weighted by Gasteiger charge is 2.40. The van der Waals surface area contributed by atoms with Crippen molar-refractivity contribution in [2.24, 2.45) is 5.73 Å². The van der Waals surface area contributed by atoms with Crippen LogP contribution in [-0.2, 0) is 11.2 Å². The Labute approximate surface area is 108 Å². The van der Waals surface area contributed by atoms with Gasteiger partial charge in [0, 0.05) is 12.6 Å². The molecule has 1 aliphatic carbocycles. The summed E-state index contributed by atoms with van der Waals surface area (Å²) in [6, 6.07) is 6.59. The van der Waals surface area contributed by atoms with Gasteiger partial charge in [-0.25, -0.2) is 4.39 Å². The Hall–Kier alpha value is -0.930. The highest BCUT2D eigenvalue weighted by Crippen LogP contribution is 2.36. The predicted molar refractivity (Wildman–Crippen MR) is 70.9 cm³/mol. The summed E-state index contributed by atoms with van der Waals surface area (Å²) in [5.41, 5.74) is 7.27. The Bertz CT molecular complexity index is 371. The summed E-state index contributed by atoms with van der Waals surface area (Å²) in [4.78, 5) is 0. The van der Waals surface area contributed by atoms with Crippen molar-refractivity contribution in [3.05, 3.63) is 35.6 Å². The second-order valence-corrected chi connectivity index (χ2v) is 5.14. The van der Waals surface area contributed by atoms with Crippen LogP contribution in [0.3, 0.4) is 0 Å². The lowest BCUT2D eigenvalue weighted by atomic mass is 9.88. The molecule has 1 aliphatic rings. The van der Waals surface area contributed by atoms with Crippen LogP contribution in [0.2, 0.25) is 0 Å². The summed E-state index contributed by atoms with van der Waals surface area (Å²) in [6.07, 6.45) is 5.22. The van der Waals surface area contributed by atoms with E-state index in [1.165, 1.54) is 25.0 Å². The molecule has 1 saturated carbocycles. The number of hydrogen-bond donors (Lipinski definition) is 1. The summed E-state index contributed by atoms with van der Waals surface area (Å²) >= 11 is 0. The lowest BCUT2D eigenvalue weighted by molar-refractivity contribution is -0.0524. The van der Waals surface area contributed by atoms with E-state index in [1.807, 2.05) is 19.1 Å². The molecule has 0 aromatic heterocycles. The van der Waals surface area contributed by atoms with E-state index in [9.17, 15) is 4.39 Å². The molecule has 1 unspecified atom stereocenters. The maximum atomic E-state index is 12.9. The first kappa shape index (κ1) is 13.5. The molecular formula is C15H22FNO. The van der Waals surface area contributed by atoms with Crippen LogP contribution in [0.25, 0.3) is 0 Å². The molecule has 1 aromatic rings. The lowest BCUT2D eigenvalue weighted by Crippen LogP contribution is -2.49. The van der Waals surface area contributed by atoms with Crippen LogP contribution in [0.15, 0.2) is 24.3 Å². The number of rotatable bonds is 5. The van der Waals surface area contributed by atoms with Crippen LogP contribution in [0.4, 0.5) is 4.39 Å². The third-order valence-electron chi connectivity index (χ3n) is 3.93. The van der Waals surface area contributed by atoms with Crippen molar-refractivity contribution in [2.75, 3.05) is 6.61 Å². The summed E-state index contributed by atoms with van der Waals surface area (Å²) in [5, 5.41) is 0. The van der Waals surface area contributed by atoms with Gasteiger partial charge in [0.15, 0.2) is 0 Å². The van der Waals surface area contributed by atoms with E-state index in [0.717, 1.165) is 24.8 Å². The molecule has 0 aliphatic heterocycles. The first-order valence-corrected chi connectivity index (χ1v) is 6.80. The monoisotopic (exact) mass is 251 g/mol. The van der Waals surface area contributed by atoms with E-state index in [2.05, 4.69) is 0 Å². The number of ether oxygens (including phenoxy) is 1. The standard InChI is InChI=1S/C15H22FNO/c1-2-18-15(9-3-4-10-15)14(17)11-12-5-7-13(16)8-6-12/h5-8,14H,2-4,9-11,17H2,1H3. The molecule has 3 heteroatoms. The third kappa shape index (κ3) is 2.90. The fourth-order valence-electron chi connectivity index (χ4n) is 2.94. The number of hydrogen-bond acceptors (Lipinski definition) is 2. The molecule has 0 saturated heterocycles. The molecule has 0 bridgehead atoms. The van der Waals surface area contributed by atoms with Gasteiger partial charge in [-0.1, -0.05) is 25.0 Å². The Balaban J connectivity index is 2.05. The van der Waals surface area contributed by atoms with Gasteiger partial charge in [0.1, 0.15) is 5.82 Å². The van der Waals surface area contributed by atoms with E-state index >= 15 is 0 Å². The second kappa shape index (κ2) is 5.81. The van der Waals surface area contributed by atoms with Gasteiger partial charge in [-0.2, -0.15) is 0 Å². The molecule has 0 spiro atoms. The Morgan fingerprint density at radius 1 is 1.28 bits per heavy atom. The van der Waals surface area contributed by atoms with Crippen LogP contribution < -0.4 is 5.73 Å². The average Bonchev–Trinajstić information content (AvgIpc) is 2.82. The van der Waals surface area contributed by atoms with Gasteiger partial charge in [-0.05, 0) is 43.9 Å². The molecule has 0 radical (unpaired) electrons. The highest BCUT2D eigenvalue weighted by atomic mass is 19.1. The van der Waals surface area contributed by atoms with Crippen LogP contribution >= 0.6 is 0 Å². The summed E-state index contributed by atoms with van der Waals surface area (Å²) in [7, 11) is 0. The Kier molecular flexibility index (Phi) is 4.36. The van der Waals surface area contributed by atoms with Crippen molar-refractivity contribution in [3.8, 4) is 0 Å². The molecular weight excluding hydrogens is 229 g/mol. The van der Waals surface area contributed by atoms with Gasteiger partial charge in [0.2, 0.25) is 0 Å². The second-order valence-electron chi connectivity index (χ2n) is 5.14. The average molecular weight is 251 g/mol. The van der Waals surface area contributed by atoms with Gasteiger partial charge >= 0.3 is 0 Å². The Morgan fingerprint density at radius 3 is 2.44 bits per heavy atom. The van der Waals surface area contributed by atoms with Crippen molar-refractivity contribution in [3.63, 3.8) is 0 Å². The fraction of sp³-hybridized carbons (Fsp3) is 0.600. The maximum Gasteiger partial charge on any atom is 0.123 e. The summed E-state index contributed by atoms with van der Waals surface area (Å²) in [6.45, 7) is 2.72. The molecule has 1 aromatic carbocycles. The van der Waals surface area contributed by atoms with Crippen molar-refractivity contribution in [2.45, 2.75) is 50.7 Å². The predicted octanol–water partition coefficient (Wildman–Crippen LogP) is 3.04. The quantitative estimate of drug-likeness (QED) is 0.873. The smallest absolute Gasteiger partial charge is 0.123 e. The molecule has 2 rings (SSSR count). The van der Waals surface area contributed by atoms with Gasteiger partial charge < -0.3 is 10.5 Å². The minimum atomic E-state index is -0.201. The Morgan fingerprint density at radius 2 is 1.89 bits per heavy atom. The minimum Gasteiger partial charge on any atom is -0.374 e. The number of halogens is 1. The molecule has 2 nitrogen and oxygen atoms in total. The molecule has 0 amide bonds. The zero-order chi connectivity index (χ0) is 13.0.